The second-order valence-electron chi connectivity index (χ2n) is 13.2. The molecule has 3 fully saturated rings. The van der Waals surface area contributed by atoms with Crippen LogP contribution in [0.15, 0.2) is 36.4 Å². The maximum atomic E-state index is 14.0. The fourth-order valence-corrected chi connectivity index (χ4v) is 7.56. The number of nitrogens with one attached hydrogen (secondary N) is 1. The number of nitrogens with two attached hydrogens (primary N) is 2. The number of rotatable bonds is 7. The van der Waals surface area contributed by atoms with Crippen molar-refractivity contribution in [3.63, 3.8) is 0 Å². The van der Waals surface area contributed by atoms with Crippen LogP contribution in [0.25, 0.3) is 0 Å². The molecule has 0 spiro atoms. The van der Waals surface area contributed by atoms with Crippen LogP contribution in [-0.4, -0.2) is 101 Å². The van der Waals surface area contributed by atoms with Crippen LogP contribution in [0, 0.1) is 6.92 Å². The molecule has 3 saturated heterocycles. The highest BCUT2D eigenvalue weighted by Gasteiger charge is 2.36. The number of urea groups is 1. The summed E-state index contributed by atoms with van der Waals surface area (Å²) in [5.41, 5.74) is 11.1. The van der Waals surface area contributed by atoms with Gasteiger partial charge in [0.1, 0.15) is 0 Å². The lowest BCUT2D eigenvalue weighted by Crippen LogP contribution is -2.53. The van der Waals surface area contributed by atoms with Crippen molar-refractivity contribution in [2.75, 3.05) is 50.3 Å². The molecule has 0 aromatic heterocycles. The van der Waals surface area contributed by atoms with Crippen molar-refractivity contribution in [2.24, 2.45) is 0 Å². The molecule has 2 aromatic rings. The van der Waals surface area contributed by atoms with Crippen LogP contribution < -0.4 is 16.5 Å². The van der Waals surface area contributed by atoms with Crippen LogP contribution in [-0.2, 0) is 22.5 Å². The van der Waals surface area contributed by atoms with E-state index in [9.17, 15) is 14.4 Å². The molecule has 4 aliphatic rings. The molecular formula is C35H48N7O4+. The fraction of sp³-hybridized carbons (Fsp3) is 0.543. The molecule has 2 aromatic carbocycles. The predicted octanol–water partition coefficient (Wildman–Crippen LogP) is 2.79. The second kappa shape index (κ2) is 14.1. The predicted molar refractivity (Wildman–Crippen MR) is 177 cm³/mol. The van der Waals surface area contributed by atoms with E-state index in [-0.39, 0.29) is 24.4 Å². The quantitative estimate of drug-likeness (QED) is 0.318. The van der Waals surface area contributed by atoms with Gasteiger partial charge in [0.25, 0.3) is 5.91 Å². The number of ether oxygens (including phenoxy) is 1. The van der Waals surface area contributed by atoms with Crippen molar-refractivity contribution in [1.82, 2.24) is 19.6 Å². The summed E-state index contributed by atoms with van der Waals surface area (Å²) in [4.78, 5) is 48.5. The van der Waals surface area contributed by atoms with Gasteiger partial charge in [0.2, 0.25) is 0 Å². The molecule has 46 heavy (non-hydrogen) atoms. The lowest BCUT2D eigenvalue weighted by Gasteiger charge is -2.41. The molecule has 0 unspecified atom stereocenters. The van der Waals surface area contributed by atoms with E-state index >= 15 is 0 Å². The minimum Gasteiger partial charge on any atom is -0.436 e. The molecule has 0 radical (unpaired) electrons. The van der Waals surface area contributed by atoms with E-state index in [0.29, 0.717) is 62.9 Å². The van der Waals surface area contributed by atoms with Crippen LogP contribution in [0.3, 0.4) is 0 Å². The summed E-state index contributed by atoms with van der Waals surface area (Å²) in [6, 6.07) is 12.0. The molecule has 0 saturated carbocycles. The van der Waals surface area contributed by atoms with Gasteiger partial charge in [-0.3, -0.25) is 10.2 Å². The summed E-state index contributed by atoms with van der Waals surface area (Å²) in [6.07, 6.45) is 7.18. The van der Waals surface area contributed by atoms with E-state index < -0.39 is 12.2 Å². The molecule has 1 atom stereocenters. The zero-order chi connectivity index (χ0) is 32.2. The zero-order valence-electron chi connectivity index (χ0n) is 27.0. The van der Waals surface area contributed by atoms with Crippen molar-refractivity contribution in [3.05, 3.63) is 58.7 Å². The lowest BCUT2D eigenvalue weighted by atomic mass is 9.97. The van der Waals surface area contributed by atoms with Crippen LogP contribution in [0.2, 0.25) is 0 Å². The number of para-hydroxylation sites is 1. The Balaban J connectivity index is 1.11. The topological polar surface area (TPSA) is 137 Å². The van der Waals surface area contributed by atoms with Gasteiger partial charge in [0.05, 0.1) is 5.56 Å². The SMILES string of the molecule is Cc1cc(C[C@@H](OC(=O)N2CCC(N3Cc4ccccc4NC3=O)CC2)C(=O)N2CCC(N3CCCCC3)CC2)cc(C=[NH2+])c1N. The molecular weight excluding hydrogens is 582 g/mol. The second-order valence-corrected chi connectivity index (χ2v) is 13.2. The minimum absolute atomic E-state index is 0.0136. The number of carbonyl (C=O) groups is 3. The Hall–Kier alpha value is -4.12. The molecule has 4 amide bonds. The zero-order valence-corrected chi connectivity index (χ0v) is 27.0. The van der Waals surface area contributed by atoms with Crippen molar-refractivity contribution < 1.29 is 24.5 Å². The van der Waals surface area contributed by atoms with E-state index in [2.05, 4.69) is 10.2 Å². The molecule has 4 aliphatic heterocycles. The van der Waals surface area contributed by atoms with Crippen LogP contribution in [0.1, 0.15) is 67.2 Å². The van der Waals surface area contributed by atoms with Crippen LogP contribution >= 0.6 is 0 Å². The Morgan fingerprint density at radius 2 is 1.65 bits per heavy atom. The van der Waals surface area contributed by atoms with E-state index in [1.54, 1.807) is 4.90 Å². The van der Waals surface area contributed by atoms with Gasteiger partial charge in [-0.2, -0.15) is 0 Å². The Morgan fingerprint density at radius 1 is 0.978 bits per heavy atom. The average Bonchev–Trinajstić information content (AvgIpc) is 3.09. The van der Waals surface area contributed by atoms with E-state index in [1.165, 1.54) is 25.5 Å². The Morgan fingerprint density at radius 3 is 2.37 bits per heavy atom. The van der Waals surface area contributed by atoms with Crippen molar-refractivity contribution in [1.29, 1.82) is 0 Å². The lowest BCUT2D eigenvalue weighted by molar-refractivity contribution is -0.142. The van der Waals surface area contributed by atoms with E-state index in [1.807, 2.05) is 53.1 Å². The monoisotopic (exact) mass is 630 g/mol. The number of nitrogens with zero attached hydrogens (tertiary/aromatic N) is 4. The molecule has 11 nitrogen and oxygen atoms in total. The van der Waals surface area contributed by atoms with Gasteiger partial charge in [-0.15, -0.1) is 0 Å². The molecule has 246 valence electrons. The van der Waals surface area contributed by atoms with Crippen molar-refractivity contribution >= 4 is 35.6 Å². The number of nitrogen functional groups attached to an aromatic ring is 1. The molecule has 4 heterocycles. The minimum atomic E-state index is -0.963. The first-order valence-corrected chi connectivity index (χ1v) is 16.9. The van der Waals surface area contributed by atoms with Gasteiger partial charge in [-0.1, -0.05) is 30.7 Å². The normalized spacial score (nSPS) is 20.5. The smallest absolute Gasteiger partial charge is 0.410 e. The summed E-state index contributed by atoms with van der Waals surface area (Å²) in [5.74, 6) is -0.156. The first kappa shape index (κ1) is 31.8. The molecule has 0 aliphatic carbocycles. The summed E-state index contributed by atoms with van der Waals surface area (Å²) >= 11 is 0. The highest BCUT2D eigenvalue weighted by atomic mass is 16.6. The summed E-state index contributed by atoms with van der Waals surface area (Å²) in [6.45, 7) is 6.95. The molecule has 11 heteroatoms. The van der Waals surface area contributed by atoms with Crippen LogP contribution in [0.5, 0.6) is 0 Å². The van der Waals surface area contributed by atoms with Gasteiger partial charge in [-0.25, -0.2) is 9.59 Å². The number of benzene rings is 2. The number of fused-ring (bicyclic) bond motifs is 1. The molecule has 5 N–H and O–H groups in total. The Labute approximate surface area is 271 Å². The maximum Gasteiger partial charge on any atom is 0.410 e. The van der Waals surface area contributed by atoms with Gasteiger partial charge in [-0.05, 0) is 87.4 Å². The van der Waals surface area contributed by atoms with E-state index in [0.717, 1.165) is 48.3 Å². The summed E-state index contributed by atoms with van der Waals surface area (Å²) in [5, 5.41) is 8.83. The number of carbonyl (C=O) groups excluding carboxylic acids is 3. The highest BCUT2D eigenvalue weighted by molar-refractivity contribution is 5.92. The number of amides is 4. The number of anilines is 2. The number of likely N-dealkylation sites (tertiary alicyclic amines) is 3. The third kappa shape index (κ3) is 6.99. The van der Waals surface area contributed by atoms with E-state index in [4.69, 9.17) is 15.9 Å². The van der Waals surface area contributed by atoms with Gasteiger partial charge in [0, 0.05) is 62.6 Å². The largest absolute Gasteiger partial charge is 0.436 e. The maximum absolute atomic E-state index is 14.0. The first-order valence-electron chi connectivity index (χ1n) is 16.9. The average molecular weight is 631 g/mol. The standard InChI is InChI=1S/C35H47N7O4/c1-24-19-25(20-27(22-36)32(24)37)21-31(33(43)40-15-9-28(10-16-40)39-13-5-2-6-14-39)46-35(45)41-17-11-29(12-18-41)42-23-26-7-3-4-8-30(26)38-34(42)44/h3-4,7-8,19-20,22,28-29,31,36H,2,5-6,9-18,21,23,37H2,1H3,(H,38,44)/p+1/t31-/m1/s1. The molecule has 6 rings (SSSR count). The Bertz CT molecular complexity index is 1440. The Kier molecular flexibility index (Phi) is 9.77. The highest BCUT2D eigenvalue weighted by Crippen LogP contribution is 2.29. The van der Waals surface area contributed by atoms with Gasteiger partial charge < -0.3 is 35.4 Å². The third-order valence-corrected chi connectivity index (χ3v) is 10.3. The number of hydrogen-bond donors (Lipinski definition) is 3. The van der Waals surface area contributed by atoms with Crippen LogP contribution in [0.4, 0.5) is 21.0 Å². The first-order chi connectivity index (χ1) is 22.3. The van der Waals surface area contributed by atoms with Gasteiger partial charge >= 0.3 is 12.1 Å². The number of aryl methyl sites for hydroxylation is 1. The van der Waals surface area contributed by atoms with Crippen molar-refractivity contribution in [3.8, 4) is 0 Å². The number of hydrogen-bond acceptors (Lipinski definition) is 6. The summed E-state index contributed by atoms with van der Waals surface area (Å²) < 4.78 is 6.06. The number of piperidine rings is 3. The van der Waals surface area contributed by atoms with Gasteiger partial charge in [0.15, 0.2) is 12.3 Å². The fourth-order valence-electron chi connectivity index (χ4n) is 7.56. The molecule has 0 bridgehead atoms. The third-order valence-electron chi connectivity index (χ3n) is 10.3. The summed E-state index contributed by atoms with van der Waals surface area (Å²) in [7, 11) is 0. The van der Waals surface area contributed by atoms with Crippen molar-refractivity contribution in [2.45, 2.75) is 83.0 Å².